The summed E-state index contributed by atoms with van der Waals surface area (Å²) in [5.74, 6) is 5.15. The number of hydrogen-bond acceptors (Lipinski definition) is 5. The van der Waals surface area contributed by atoms with Crippen LogP contribution < -0.4 is 5.32 Å². The number of rotatable bonds is 5. The van der Waals surface area contributed by atoms with Crippen LogP contribution in [-0.2, 0) is 0 Å². The van der Waals surface area contributed by atoms with Gasteiger partial charge in [-0.3, -0.25) is 5.10 Å². The molecule has 3 fully saturated rings. The number of aromatic nitrogens is 5. The van der Waals surface area contributed by atoms with Crippen molar-refractivity contribution in [3.05, 3.63) is 23.4 Å². The van der Waals surface area contributed by atoms with Crippen LogP contribution in [0.4, 0.5) is 11.8 Å². The Morgan fingerprint density at radius 3 is 1.82 bits per heavy atom. The van der Waals surface area contributed by atoms with Crippen LogP contribution in [0.2, 0.25) is 0 Å². The van der Waals surface area contributed by atoms with Crippen LogP contribution in [0.25, 0.3) is 0 Å². The highest BCUT2D eigenvalue weighted by molar-refractivity contribution is 5.48. The van der Waals surface area contributed by atoms with E-state index >= 15 is 0 Å². The highest BCUT2D eigenvalue weighted by Crippen LogP contribution is 2.36. The minimum absolute atomic E-state index is 0.491. The maximum Gasteiger partial charge on any atom is 0.231 e. The summed E-state index contributed by atoms with van der Waals surface area (Å²) in [6.45, 7) is 0. The molecule has 6 nitrogen and oxygen atoms in total. The molecular formula is C22H32N6. The van der Waals surface area contributed by atoms with Crippen LogP contribution in [-0.4, -0.2) is 25.1 Å². The third-order valence-electron chi connectivity index (χ3n) is 6.99. The molecule has 3 aliphatic carbocycles. The Hall–Kier alpha value is -1.98. The molecule has 0 spiro atoms. The molecular weight excluding hydrogens is 348 g/mol. The second-order valence-electron chi connectivity index (χ2n) is 9.01. The van der Waals surface area contributed by atoms with E-state index in [2.05, 4.69) is 21.6 Å². The van der Waals surface area contributed by atoms with Crippen molar-refractivity contribution in [2.24, 2.45) is 0 Å². The minimum atomic E-state index is 0.491. The first-order chi connectivity index (χ1) is 13.8. The molecule has 0 atom stereocenters. The minimum Gasteiger partial charge on any atom is -0.307 e. The van der Waals surface area contributed by atoms with Crippen molar-refractivity contribution in [3.63, 3.8) is 0 Å². The lowest BCUT2D eigenvalue weighted by Gasteiger charge is -2.21. The van der Waals surface area contributed by atoms with Gasteiger partial charge in [0.1, 0.15) is 11.6 Å². The Labute approximate surface area is 167 Å². The summed E-state index contributed by atoms with van der Waals surface area (Å²) in [7, 11) is 0. The zero-order chi connectivity index (χ0) is 18.8. The highest BCUT2D eigenvalue weighted by atomic mass is 15.2. The van der Waals surface area contributed by atoms with E-state index in [4.69, 9.17) is 15.0 Å². The standard InChI is InChI=1S/C22H32N6/c1-2-10-16(11-3-1)20-24-21(17-12-6-7-13-17)26-22(25-20)23-19-14-18(27-28-19)15-8-4-5-9-15/h14-17H,1-13H2,(H2,23,24,25,26,27,28). The van der Waals surface area contributed by atoms with Gasteiger partial charge in [0.15, 0.2) is 5.82 Å². The molecule has 2 aromatic heterocycles. The molecule has 0 bridgehead atoms. The van der Waals surface area contributed by atoms with Gasteiger partial charge in [0, 0.05) is 29.5 Å². The molecule has 150 valence electrons. The van der Waals surface area contributed by atoms with Crippen molar-refractivity contribution in [2.45, 2.75) is 101 Å². The predicted molar refractivity (Wildman–Crippen MR) is 110 cm³/mol. The molecule has 5 rings (SSSR count). The van der Waals surface area contributed by atoms with Gasteiger partial charge in [-0.2, -0.15) is 15.1 Å². The van der Waals surface area contributed by atoms with Crippen molar-refractivity contribution in [1.29, 1.82) is 0 Å². The number of aromatic amines is 1. The van der Waals surface area contributed by atoms with Gasteiger partial charge in [-0.25, -0.2) is 4.98 Å². The van der Waals surface area contributed by atoms with E-state index in [9.17, 15) is 0 Å². The van der Waals surface area contributed by atoms with Gasteiger partial charge >= 0.3 is 0 Å². The van der Waals surface area contributed by atoms with Crippen LogP contribution in [0, 0.1) is 0 Å². The molecule has 3 aliphatic rings. The summed E-state index contributed by atoms with van der Waals surface area (Å²) in [6, 6.07) is 2.15. The smallest absolute Gasteiger partial charge is 0.231 e. The van der Waals surface area contributed by atoms with Gasteiger partial charge in [-0.05, 0) is 38.5 Å². The topological polar surface area (TPSA) is 79.4 Å². The monoisotopic (exact) mass is 380 g/mol. The summed E-state index contributed by atoms with van der Waals surface area (Å²) in [5, 5.41) is 11.1. The fourth-order valence-corrected chi connectivity index (χ4v) is 5.34. The largest absolute Gasteiger partial charge is 0.307 e. The van der Waals surface area contributed by atoms with Gasteiger partial charge in [-0.1, -0.05) is 44.9 Å². The highest BCUT2D eigenvalue weighted by Gasteiger charge is 2.25. The molecule has 0 amide bonds. The molecule has 2 N–H and O–H groups in total. The SMILES string of the molecule is c1c(Nc2nc(C3CCCCC3)nc(C3CCCC3)n2)n[nH]c1C1CCCC1. The van der Waals surface area contributed by atoms with Gasteiger partial charge < -0.3 is 5.32 Å². The zero-order valence-electron chi connectivity index (χ0n) is 16.8. The molecule has 0 saturated heterocycles. The maximum atomic E-state index is 4.96. The lowest BCUT2D eigenvalue weighted by molar-refractivity contribution is 0.425. The third-order valence-corrected chi connectivity index (χ3v) is 6.99. The van der Waals surface area contributed by atoms with Gasteiger partial charge in [-0.15, -0.1) is 0 Å². The quantitative estimate of drug-likeness (QED) is 0.695. The lowest BCUT2D eigenvalue weighted by atomic mass is 9.88. The Morgan fingerprint density at radius 2 is 1.21 bits per heavy atom. The van der Waals surface area contributed by atoms with Crippen molar-refractivity contribution in [3.8, 4) is 0 Å². The number of hydrogen-bond donors (Lipinski definition) is 2. The van der Waals surface area contributed by atoms with Crippen LogP contribution in [0.3, 0.4) is 0 Å². The molecule has 0 aromatic carbocycles. The first-order valence-electron chi connectivity index (χ1n) is 11.4. The van der Waals surface area contributed by atoms with Crippen molar-refractivity contribution >= 4 is 11.8 Å². The summed E-state index contributed by atoms with van der Waals surface area (Å²) < 4.78 is 0. The Kier molecular flexibility index (Phi) is 5.28. The van der Waals surface area contributed by atoms with Crippen LogP contribution >= 0.6 is 0 Å². The normalized spacial score (nSPS) is 22.1. The van der Waals surface area contributed by atoms with E-state index in [1.165, 1.54) is 89.2 Å². The Bertz CT molecular complexity index is 782. The van der Waals surface area contributed by atoms with Gasteiger partial charge in [0.05, 0.1) is 0 Å². The molecule has 3 saturated carbocycles. The van der Waals surface area contributed by atoms with E-state index in [1.807, 2.05) is 0 Å². The number of nitrogens with zero attached hydrogens (tertiary/aromatic N) is 4. The van der Waals surface area contributed by atoms with E-state index in [1.54, 1.807) is 0 Å². The Morgan fingerprint density at radius 1 is 0.679 bits per heavy atom. The van der Waals surface area contributed by atoms with Crippen LogP contribution in [0.15, 0.2) is 6.07 Å². The lowest BCUT2D eigenvalue weighted by Crippen LogP contribution is -2.14. The van der Waals surface area contributed by atoms with Crippen molar-refractivity contribution in [2.75, 3.05) is 5.32 Å². The molecule has 2 aromatic rings. The van der Waals surface area contributed by atoms with E-state index in [-0.39, 0.29) is 0 Å². The van der Waals surface area contributed by atoms with Crippen LogP contribution in [0.5, 0.6) is 0 Å². The maximum absolute atomic E-state index is 4.96. The van der Waals surface area contributed by atoms with Crippen molar-refractivity contribution in [1.82, 2.24) is 25.1 Å². The fraction of sp³-hybridized carbons (Fsp3) is 0.727. The molecule has 6 heteroatoms. The first kappa shape index (κ1) is 18.1. The number of nitrogens with one attached hydrogen (secondary N) is 2. The molecule has 28 heavy (non-hydrogen) atoms. The fourth-order valence-electron chi connectivity index (χ4n) is 5.34. The second-order valence-corrected chi connectivity index (χ2v) is 9.01. The Balaban J connectivity index is 1.39. The summed E-state index contributed by atoms with van der Waals surface area (Å²) in [4.78, 5) is 14.6. The van der Waals surface area contributed by atoms with E-state index in [0.29, 0.717) is 23.7 Å². The molecule has 0 radical (unpaired) electrons. The number of H-pyrrole nitrogens is 1. The summed E-state index contributed by atoms with van der Waals surface area (Å²) in [5.41, 5.74) is 1.25. The van der Waals surface area contributed by atoms with Crippen molar-refractivity contribution < 1.29 is 0 Å². The molecule has 2 heterocycles. The average molecular weight is 381 g/mol. The molecule has 0 unspecified atom stereocenters. The number of anilines is 2. The third kappa shape index (κ3) is 3.91. The van der Waals surface area contributed by atoms with E-state index in [0.717, 1.165) is 17.5 Å². The van der Waals surface area contributed by atoms with Gasteiger partial charge in [0.25, 0.3) is 0 Å². The second kappa shape index (κ2) is 8.18. The average Bonchev–Trinajstić information content (AvgIpc) is 3.50. The van der Waals surface area contributed by atoms with Crippen LogP contribution in [0.1, 0.15) is 119 Å². The van der Waals surface area contributed by atoms with Gasteiger partial charge in [0.2, 0.25) is 5.95 Å². The predicted octanol–water partition coefficient (Wildman–Crippen LogP) is 5.70. The van der Waals surface area contributed by atoms with E-state index < -0.39 is 0 Å². The molecule has 0 aliphatic heterocycles. The summed E-state index contributed by atoms with van der Waals surface area (Å²) >= 11 is 0. The first-order valence-corrected chi connectivity index (χ1v) is 11.4. The summed E-state index contributed by atoms with van der Waals surface area (Å²) in [6.07, 6.45) is 16.6. The zero-order valence-corrected chi connectivity index (χ0v) is 16.8.